The minimum absolute atomic E-state index is 0.0371. The number of ether oxygens (including phenoxy) is 2. The molecular formula is C30H48N4O7. The maximum absolute atomic E-state index is 13.6. The Morgan fingerprint density at radius 2 is 1.39 bits per heavy atom. The third kappa shape index (κ3) is 15.1. The molecule has 0 fully saturated rings. The molecule has 0 aromatic heterocycles. The van der Waals surface area contributed by atoms with E-state index in [0.717, 1.165) is 11.1 Å². The maximum atomic E-state index is 13.6. The van der Waals surface area contributed by atoms with Gasteiger partial charge in [-0.05, 0) is 72.8 Å². The normalized spacial score (nSPS) is 13.9. The fraction of sp³-hybridized carbons (Fsp3) is 0.633. The van der Waals surface area contributed by atoms with Crippen LogP contribution in [0, 0.1) is 12.8 Å². The number of hydrogen-bond acceptors (Lipinski definition) is 7. The van der Waals surface area contributed by atoms with Crippen molar-refractivity contribution in [2.24, 2.45) is 11.7 Å². The Bertz CT molecular complexity index is 1070. The summed E-state index contributed by atoms with van der Waals surface area (Å²) in [6, 6.07) is 4.19. The zero-order chi connectivity index (χ0) is 31.5. The van der Waals surface area contributed by atoms with Crippen LogP contribution in [0.5, 0.6) is 0 Å². The highest BCUT2D eigenvalue weighted by Crippen LogP contribution is 2.14. The largest absolute Gasteiger partial charge is 0.458 e. The molecule has 0 radical (unpaired) electrons. The summed E-state index contributed by atoms with van der Waals surface area (Å²) >= 11 is 0. The van der Waals surface area contributed by atoms with Crippen molar-refractivity contribution in [2.75, 3.05) is 0 Å². The number of benzene rings is 1. The fourth-order valence-electron chi connectivity index (χ4n) is 3.89. The summed E-state index contributed by atoms with van der Waals surface area (Å²) in [5, 5.41) is 8.00. The van der Waals surface area contributed by atoms with Crippen molar-refractivity contribution in [3.8, 4) is 0 Å². The third-order valence-corrected chi connectivity index (χ3v) is 5.56. The van der Waals surface area contributed by atoms with E-state index in [0.29, 0.717) is 6.42 Å². The summed E-state index contributed by atoms with van der Waals surface area (Å²) in [5.74, 6) is -2.56. The first kappa shape index (κ1) is 35.4. The molecule has 0 heterocycles. The van der Waals surface area contributed by atoms with Gasteiger partial charge in [0, 0.05) is 12.8 Å². The number of amides is 4. The summed E-state index contributed by atoms with van der Waals surface area (Å²) < 4.78 is 10.8. The molecule has 0 saturated carbocycles. The van der Waals surface area contributed by atoms with E-state index in [-0.39, 0.29) is 25.2 Å². The van der Waals surface area contributed by atoms with Gasteiger partial charge in [-0.1, -0.05) is 43.7 Å². The number of nitrogens with one attached hydrogen (secondary N) is 3. The van der Waals surface area contributed by atoms with Crippen LogP contribution in [0.1, 0.15) is 85.8 Å². The average molecular weight is 577 g/mol. The molecule has 41 heavy (non-hydrogen) atoms. The van der Waals surface area contributed by atoms with Gasteiger partial charge >= 0.3 is 12.1 Å². The van der Waals surface area contributed by atoms with E-state index in [2.05, 4.69) is 16.0 Å². The van der Waals surface area contributed by atoms with Crippen molar-refractivity contribution in [1.82, 2.24) is 16.0 Å². The van der Waals surface area contributed by atoms with Gasteiger partial charge in [0.05, 0.1) is 0 Å². The quantitative estimate of drug-likeness (QED) is 0.262. The van der Waals surface area contributed by atoms with Gasteiger partial charge in [-0.3, -0.25) is 14.4 Å². The third-order valence-electron chi connectivity index (χ3n) is 5.56. The van der Waals surface area contributed by atoms with Crippen molar-refractivity contribution in [2.45, 2.75) is 117 Å². The first-order chi connectivity index (χ1) is 18.8. The van der Waals surface area contributed by atoms with Crippen LogP contribution in [0.3, 0.4) is 0 Å². The van der Waals surface area contributed by atoms with Crippen LogP contribution in [0.25, 0.3) is 0 Å². The highest BCUT2D eigenvalue weighted by atomic mass is 16.6. The Balaban J connectivity index is 3.28. The molecule has 0 aliphatic rings. The van der Waals surface area contributed by atoms with E-state index < -0.39 is 59.1 Å². The molecule has 11 heteroatoms. The number of aryl methyl sites for hydroxylation is 1. The Morgan fingerprint density at radius 1 is 0.829 bits per heavy atom. The second-order valence-corrected chi connectivity index (χ2v) is 12.7. The highest BCUT2D eigenvalue weighted by molar-refractivity contribution is 5.93. The van der Waals surface area contributed by atoms with Gasteiger partial charge in [0.15, 0.2) is 0 Å². The van der Waals surface area contributed by atoms with Crippen LogP contribution < -0.4 is 21.7 Å². The lowest BCUT2D eigenvalue weighted by atomic mass is 10.00. The van der Waals surface area contributed by atoms with Crippen LogP contribution >= 0.6 is 0 Å². The highest BCUT2D eigenvalue weighted by Gasteiger charge is 2.32. The standard InChI is InChI=1S/C30H48N4O7/c1-18(2)15-22(34-28(39)41-30(7,8)9)25(36)33-23(17-20-12-10-11-19(3)16-20)26(37)32-21(13-14-24(31)35)27(38)40-29(4,5)6/h10-12,16,18,21-23H,13-15,17H2,1-9H3,(H2,31,35)(H,32,37)(H,33,36)(H,34,39)/t21?,22-,23-/m0/s1. The summed E-state index contributed by atoms with van der Waals surface area (Å²) in [6.45, 7) is 15.9. The van der Waals surface area contributed by atoms with E-state index in [4.69, 9.17) is 15.2 Å². The van der Waals surface area contributed by atoms with E-state index in [9.17, 15) is 24.0 Å². The zero-order valence-corrected chi connectivity index (χ0v) is 25.9. The predicted molar refractivity (Wildman–Crippen MR) is 156 cm³/mol. The number of esters is 1. The van der Waals surface area contributed by atoms with Crippen LogP contribution in [-0.4, -0.2) is 59.1 Å². The minimum Gasteiger partial charge on any atom is -0.458 e. The molecule has 3 atom stereocenters. The molecule has 1 unspecified atom stereocenters. The van der Waals surface area contributed by atoms with Gasteiger partial charge in [0.2, 0.25) is 17.7 Å². The molecule has 1 rings (SSSR count). The van der Waals surface area contributed by atoms with Crippen molar-refractivity contribution >= 4 is 29.8 Å². The van der Waals surface area contributed by atoms with Gasteiger partial charge in [0.1, 0.15) is 29.3 Å². The lowest BCUT2D eigenvalue weighted by Gasteiger charge is -2.28. The van der Waals surface area contributed by atoms with Crippen LogP contribution in [0.4, 0.5) is 4.79 Å². The predicted octanol–water partition coefficient (Wildman–Crippen LogP) is 3.05. The zero-order valence-electron chi connectivity index (χ0n) is 25.9. The number of carbonyl (C=O) groups is 5. The van der Waals surface area contributed by atoms with Gasteiger partial charge in [-0.2, -0.15) is 0 Å². The van der Waals surface area contributed by atoms with Crippen molar-refractivity contribution in [3.05, 3.63) is 35.4 Å². The van der Waals surface area contributed by atoms with E-state index in [1.54, 1.807) is 41.5 Å². The Hall–Kier alpha value is -3.63. The molecule has 230 valence electrons. The fourth-order valence-corrected chi connectivity index (χ4v) is 3.89. The van der Waals surface area contributed by atoms with Gasteiger partial charge in [-0.25, -0.2) is 9.59 Å². The Morgan fingerprint density at radius 3 is 1.90 bits per heavy atom. The second-order valence-electron chi connectivity index (χ2n) is 12.7. The number of primary amides is 1. The molecule has 0 spiro atoms. The molecule has 0 saturated heterocycles. The van der Waals surface area contributed by atoms with Crippen molar-refractivity contribution in [3.63, 3.8) is 0 Å². The Labute approximate surface area is 243 Å². The van der Waals surface area contributed by atoms with Crippen LogP contribution in [0.15, 0.2) is 24.3 Å². The summed E-state index contributed by atoms with van der Waals surface area (Å²) in [6.07, 6.45) is -0.582. The molecule has 1 aromatic carbocycles. The van der Waals surface area contributed by atoms with Gasteiger partial charge < -0.3 is 31.2 Å². The topological polar surface area (TPSA) is 166 Å². The number of rotatable bonds is 13. The number of hydrogen-bond donors (Lipinski definition) is 4. The van der Waals surface area contributed by atoms with E-state index in [1.165, 1.54) is 0 Å². The molecule has 5 N–H and O–H groups in total. The van der Waals surface area contributed by atoms with E-state index in [1.807, 2.05) is 45.0 Å². The smallest absolute Gasteiger partial charge is 0.408 e. The maximum Gasteiger partial charge on any atom is 0.408 e. The SMILES string of the molecule is Cc1cccc(C[C@H](NC(=O)[C@H](CC(C)C)NC(=O)OC(C)(C)C)C(=O)NC(CCC(N)=O)C(=O)OC(C)(C)C)c1. The molecule has 11 nitrogen and oxygen atoms in total. The minimum atomic E-state index is -1.17. The molecule has 1 aromatic rings. The first-order valence-corrected chi connectivity index (χ1v) is 13.9. The van der Waals surface area contributed by atoms with Crippen LogP contribution in [0.2, 0.25) is 0 Å². The lowest BCUT2D eigenvalue weighted by molar-refractivity contribution is -0.159. The van der Waals surface area contributed by atoms with Gasteiger partial charge in [0.25, 0.3) is 0 Å². The summed E-state index contributed by atoms with van der Waals surface area (Å²) in [5.41, 5.74) is 5.42. The molecular weight excluding hydrogens is 528 g/mol. The monoisotopic (exact) mass is 576 g/mol. The van der Waals surface area contributed by atoms with E-state index >= 15 is 0 Å². The molecule has 0 bridgehead atoms. The lowest BCUT2D eigenvalue weighted by Crippen LogP contribution is -2.57. The summed E-state index contributed by atoms with van der Waals surface area (Å²) in [7, 11) is 0. The first-order valence-electron chi connectivity index (χ1n) is 13.9. The van der Waals surface area contributed by atoms with Crippen molar-refractivity contribution in [1.29, 1.82) is 0 Å². The molecule has 0 aliphatic heterocycles. The number of alkyl carbamates (subject to hydrolysis) is 1. The van der Waals surface area contributed by atoms with Crippen LogP contribution in [-0.2, 0) is 35.1 Å². The van der Waals surface area contributed by atoms with Crippen molar-refractivity contribution < 1.29 is 33.4 Å². The Kier molecular flexibility index (Phi) is 13.3. The summed E-state index contributed by atoms with van der Waals surface area (Å²) in [4.78, 5) is 63.9. The number of nitrogens with two attached hydrogens (primary N) is 1. The molecule has 0 aliphatic carbocycles. The molecule has 4 amide bonds. The van der Waals surface area contributed by atoms with Gasteiger partial charge in [-0.15, -0.1) is 0 Å². The second kappa shape index (κ2) is 15.4. The average Bonchev–Trinajstić information content (AvgIpc) is 2.77. The number of carbonyl (C=O) groups excluding carboxylic acids is 5.